The quantitative estimate of drug-likeness (QED) is 0.727. The van der Waals surface area contributed by atoms with Crippen LogP contribution in [0.2, 0.25) is 0 Å². The van der Waals surface area contributed by atoms with E-state index in [0.29, 0.717) is 18.2 Å². The van der Waals surface area contributed by atoms with E-state index in [1.807, 2.05) is 18.2 Å². The van der Waals surface area contributed by atoms with E-state index in [1.165, 1.54) is 36.9 Å². The van der Waals surface area contributed by atoms with Gasteiger partial charge in [-0.15, -0.1) is 0 Å². The van der Waals surface area contributed by atoms with Gasteiger partial charge in [0.15, 0.2) is 0 Å². The molecule has 2 aromatic carbocycles. The van der Waals surface area contributed by atoms with Crippen molar-refractivity contribution in [2.24, 2.45) is 0 Å². The highest BCUT2D eigenvalue weighted by atomic mass is 32.2. The van der Waals surface area contributed by atoms with Gasteiger partial charge >= 0.3 is 0 Å². The molecule has 2 N–H and O–H groups in total. The van der Waals surface area contributed by atoms with Crippen LogP contribution in [0.25, 0.3) is 0 Å². The SMILES string of the molecule is CNS(=O)(=O)c1ccc(C(=O)NCc2ccccc2CN(C)C(C)C)cc1. The first-order chi connectivity index (χ1) is 12.7. The first-order valence-corrected chi connectivity index (χ1v) is 10.3. The van der Waals surface area contributed by atoms with Crippen LogP contribution in [0.4, 0.5) is 0 Å². The van der Waals surface area contributed by atoms with Crippen LogP contribution in [-0.2, 0) is 23.1 Å². The average Bonchev–Trinajstić information content (AvgIpc) is 2.67. The minimum absolute atomic E-state index is 0.128. The first-order valence-electron chi connectivity index (χ1n) is 8.83. The molecule has 2 rings (SSSR count). The number of nitrogens with one attached hydrogen (secondary N) is 2. The maximum Gasteiger partial charge on any atom is 0.251 e. The number of benzene rings is 2. The minimum Gasteiger partial charge on any atom is -0.348 e. The van der Waals surface area contributed by atoms with Crippen molar-refractivity contribution < 1.29 is 13.2 Å². The smallest absolute Gasteiger partial charge is 0.251 e. The summed E-state index contributed by atoms with van der Waals surface area (Å²) in [5.74, 6) is -0.240. The summed E-state index contributed by atoms with van der Waals surface area (Å²) in [6.07, 6.45) is 0. The lowest BCUT2D eigenvalue weighted by atomic mass is 10.1. The van der Waals surface area contributed by atoms with Crippen molar-refractivity contribution in [1.29, 1.82) is 0 Å². The van der Waals surface area contributed by atoms with Gasteiger partial charge in [-0.05, 0) is 63.3 Å². The molecular formula is C20H27N3O3S. The van der Waals surface area contributed by atoms with E-state index in [9.17, 15) is 13.2 Å². The van der Waals surface area contributed by atoms with Crippen LogP contribution in [0, 0.1) is 0 Å². The number of amides is 1. The molecule has 2 aromatic rings. The predicted octanol–water partition coefficient (Wildman–Crippen LogP) is 2.36. The minimum atomic E-state index is -3.51. The molecule has 27 heavy (non-hydrogen) atoms. The van der Waals surface area contributed by atoms with Crippen molar-refractivity contribution in [1.82, 2.24) is 14.9 Å². The van der Waals surface area contributed by atoms with Crippen LogP contribution in [0.3, 0.4) is 0 Å². The second kappa shape index (κ2) is 9.12. The molecule has 0 aliphatic rings. The second-order valence-corrected chi connectivity index (χ2v) is 8.58. The zero-order valence-corrected chi connectivity index (χ0v) is 17.0. The molecule has 0 atom stereocenters. The van der Waals surface area contributed by atoms with Gasteiger partial charge in [0, 0.05) is 24.7 Å². The molecule has 0 saturated heterocycles. The molecule has 6 nitrogen and oxygen atoms in total. The number of nitrogens with zero attached hydrogens (tertiary/aromatic N) is 1. The second-order valence-electron chi connectivity index (χ2n) is 6.69. The third-order valence-electron chi connectivity index (χ3n) is 4.55. The van der Waals surface area contributed by atoms with Gasteiger partial charge in [0.25, 0.3) is 5.91 Å². The molecule has 0 fully saturated rings. The largest absolute Gasteiger partial charge is 0.348 e. The fourth-order valence-corrected chi connectivity index (χ4v) is 3.25. The highest BCUT2D eigenvalue weighted by Crippen LogP contribution is 2.14. The summed E-state index contributed by atoms with van der Waals surface area (Å²) in [6.45, 7) is 5.50. The fourth-order valence-electron chi connectivity index (χ4n) is 2.52. The first kappa shape index (κ1) is 21.1. The molecule has 146 valence electrons. The summed E-state index contributed by atoms with van der Waals surface area (Å²) in [6, 6.07) is 14.3. The topological polar surface area (TPSA) is 78.5 Å². The van der Waals surface area contributed by atoms with Gasteiger partial charge in [0.05, 0.1) is 4.90 Å². The van der Waals surface area contributed by atoms with Gasteiger partial charge in [0.1, 0.15) is 0 Å². The summed E-state index contributed by atoms with van der Waals surface area (Å²) in [5, 5.41) is 2.91. The lowest BCUT2D eigenvalue weighted by Crippen LogP contribution is -2.27. The molecule has 0 aliphatic heterocycles. The standard InChI is InChI=1S/C20H27N3O3S/c1-15(2)23(4)14-18-8-6-5-7-17(18)13-22-20(24)16-9-11-19(12-10-16)27(25,26)21-3/h5-12,15,21H,13-14H2,1-4H3,(H,22,24). The molecule has 0 bridgehead atoms. The van der Waals surface area contributed by atoms with E-state index in [-0.39, 0.29) is 10.8 Å². The van der Waals surface area contributed by atoms with Crippen molar-refractivity contribution in [3.63, 3.8) is 0 Å². The zero-order chi connectivity index (χ0) is 20.0. The van der Waals surface area contributed by atoms with Crippen LogP contribution >= 0.6 is 0 Å². The van der Waals surface area contributed by atoms with Crippen LogP contribution < -0.4 is 10.0 Å². The van der Waals surface area contributed by atoms with Crippen LogP contribution in [0.1, 0.15) is 35.3 Å². The molecule has 0 spiro atoms. The molecule has 0 unspecified atom stereocenters. The Morgan fingerprint density at radius 3 is 2.19 bits per heavy atom. The maximum atomic E-state index is 12.4. The van der Waals surface area contributed by atoms with Gasteiger partial charge in [-0.25, -0.2) is 13.1 Å². The molecule has 0 aromatic heterocycles. The number of rotatable bonds is 8. The average molecular weight is 390 g/mol. The van der Waals surface area contributed by atoms with Gasteiger partial charge in [-0.1, -0.05) is 24.3 Å². The van der Waals surface area contributed by atoms with Crippen LogP contribution in [0.15, 0.2) is 53.4 Å². The molecule has 0 radical (unpaired) electrons. The van der Waals surface area contributed by atoms with E-state index in [2.05, 4.69) is 41.9 Å². The summed E-state index contributed by atoms with van der Waals surface area (Å²) in [5.41, 5.74) is 2.65. The molecule has 0 heterocycles. The summed E-state index contributed by atoms with van der Waals surface area (Å²) in [4.78, 5) is 14.8. The van der Waals surface area contributed by atoms with Crippen molar-refractivity contribution in [3.8, 4) is 0 Å². The molecule has 0 saturated carbocycles. The highest BCUT2D eigenvalue weighted by Gasteiger charge is 2.13. The Labute approximate surface area is 161 Å². The highest BCUT2D eigenvalue weighted by molar-refractivity contribution is 7.89. The summed E-state index contributed by atoms with van der Waals surface area (Å²) < 4.78 is 25.8. The van der Waals surface area contributed by atoms with Crippen molar-refractivity contribution in [2.75, 3.05) is 14.1 Å². The van der Waals surface area contributed by atoms with E-state index < -0.39 is 10.0 Å². The van der Waals surface area contributed by atoms with Gasteiger partial charge in [-0.3, -0.25) is 9.69 Å². The Kier molecular flexibility index (Phi) is 7.12. The lowest BCUT2D eigenvalue weighted by Gasteiger charge is -2.22. The molecule has 7 heteroatoms. The number of carbonyl (C=O) groups excluding carboxylic acids is 1. The third kappa shape index (κ3) is 5.63. The van der Waals surface area contributed by atoms with Gasteiger partial charge < -0.3 is 5.32 Å². The Morgan fingerprint density at radius 1 is 1.04 bits per heavy atom. The van der Waals surface area contributed by atoms with Gasteiger partial charge in [0.2, 0.25) is 10.0 Å². The monoisotopic (exact) mass is 389 g/mol. The maximum absolute atomic E-state index is 12.4. The van der Waals surface area contributed by atoms with E-state index in [1.54, 1.807) is 0 Å². The summed E-state index contributed by atoms with van der Waals surface area (Å²) in [7, 11) is -0.0850. The Hall–Kier alpha value is -2.22. The van der Waals surface area contributed by atoms with E-state index >= 15 is 0 Å². The van der Waals surface area contributed by atoms with Gasteiger partial charge in [-0.2, -0.15) is 0 Å². The Balaban J connectivity index is 2.06. The van der Waals surface area contributed by atoms with Crippen molar-refractivity contribution in [2.45, 2.75) is 37.9 Å². The summed E-state index contributed by atoms with van der Waals surface area (Å²) >= 11 is 0. The van der Waals surface area contributed by atoms with Crippen molar-refractivity contribution >= 4 is 15.9 Å². The Bertz CT molecular complexity index is 878. The molecule has 0 aliphatic carbocycles. The third-order valence-corrected chi connectivity index (χ3v) is 5.98. The van der Waals surface area contributed by atoms with E-state index in [4.69, 9.17) is 0 Å². The molecular weight excluding hydrogens is 362 g/mol. The number of carbonyl (C=O) groups is 1. The number of hydrogen-bond donors (Lipinski definition) is 2. The predicted molar refractivity (Wildman–Crippen MR) is 107 cm³/mol. The lowest BCUT2D eigenvalue weighted by molar-refractivity contribution is 0.0950. The fraction of sp³-hybridized carbons (Fsp3) is 0.350. The van der Waals surface area contributed by atoms with Crippen LogP contribution in [-0.4, -0.2) is 39.4 Å². The normalized spacial score (nSPS) is 11.8. The van der Waals surface area contributed by atoms with Crippen molar-refractivity contribution in [3.05, 3.63) is 65.2 Å². The Morgan fingerprint density at radius 2 is 1.63 bits per heavy atom. The molecule has 1 amide bonds. The van der Waals surface area contributed by atoms with E-state index in [0.717, 1.165) is 12.1 Å². The number of sulfonamides is 1. The van der Waals surface area contributed by atoms with Crippen LogP contribution in [0.5, 0.6) is 0 Å². The number of hydrogen-bond acceptors (Lipinski definition) is 4. The zero-order valence-electron chi connectivity index (χ0n) is 16.2.